The first-order chi connectivity index (χ1) is 21.4. The molecule has 8 aliphatic carbocycles. The summed E-state index contributed by atoms with van der Waals surface area (Å²) in [6, 6.07) is 0. The molecule has 8 saturated carbocycles. The molecule has 0 radical (unpaired) electrons. The number of ether oxygens (including phenoxy) is 5. The van der Waals surface area contributed by atoms with E-state index in [1.165, 1.54) is 57.8 Å². The molecule has 0 spiro atoms. The van der Waals surface area contributed by atoms with Gasteiger partial charge in [0.25, 0.3) is 0 Å². The second-order valence-corrected chi connectivity index (χ2v) is 14.8. The van der Waals surface area contributed by atoms with Crippen LogP contribution in [0.15, 0.2) is 0 Å². The molecule has 13 heteroatoms. The summed E-state index contributed by atoms with van der Waals surface area (Å²) in [5.41, 5.74) is -0.227. The fraction of sp³-hybridized carbons (Fsp3) is 0.875. The third-order valence-electron chi connectivity index (χ3n) is 9.92. The summed E-state index contributed by atoms with van der Waals surface area (Å²) in [7, 11) is 0. The molecule has 3 N–H and O–H groups in total. The van der Waals surface area contributed by atoms with E-state index in [1.807, 2.05) is 0 Å². The molecule has 8 aliphatic rings. The predicted octanol–water partition coefficient (Wildman–Crippen LogP) is 4.00. The highest BCUT2D eigenvalue weighted by Gasteiger charge is 2.53. The Morgan fingerprint density at radius 1 is 0.511 bits per heavy atom. The van der Waals surface area contributed by atoms with Gasteiger partial charge >= 0.3 is 23.9 Å². The number of carboxylic acids is 3. The van der Waals surface area contributed by atoms with Gasteiger partial charge in [0, 0.05) is 4.87 Å². The van der Waals surface area contributed by atoms with Crippen LogP contribution in [0.2, 0.25) is 0 Å². The van der Waals surface area contributed by atoms with E-state index >= 15 is 0 Å². The Balaban J connectivity index is 0.000000169. The summed E-state index contributed by atoms with van der Waals surface area (Å²) in [6.07, 6.45) is 15.5. The van der Waals surface area contributed by atoms with Gasteiger partial charge in [-0.3, -0.25) is 0 Å². The average molecular weight is 661 g/mol. The zero-order chi connectivity index (χ0) is 32.5. The number of carbonyl (C=O) groups excluding carboxylic acids is 1. The van der Waals surface area contributed by atoms with Crippen molar-refractivity contribution in [2.24, 2.45) is 35.5 Å². The van der Waals surface area contributed by atoms with E-state index < -0.39 is 31.1 Å². The van der Waals surface area contributed by atoms with E-state index in [9.17, 15) is 19.2 Å². The summed E-state index contributed by atoms with van der Waals surface area (Å²) in [4.78, 5) is 42.3. The number of carboxylic acid groups (broad SMARTS) is 3. The fourth-order valence-electron chi connectivity index (χ4n) is 9.30. The van der Waals surface area contributed by atoms with Gasteiger partial charge in [-0.05, 0) is 113 Å². The molecule has 0 amide bonds. The molecule has 0 aromatic carbocycles. The molecule has 256 valence electrons. The van der Waals surface area contributed by atoms with Crippen molar-refractivity contribution in [2.45, 2.75) is 87.5 Å². The predicted molar refractivity (Wildman–Crippen MR) is 160 cm³/mol. The summed E-state index contributed by atoms with van der Waals surface area (Å²) in [5, 5.41) is 24.6. The lowest BCUT2D eigenvalue weighted by molar-refractivity contribution is -0.191. The Kier molecular flexibility index (Phi) is 13.3. The lowest BCUT2D eigenvalue weighted by Gasteiger charge is -2.55. The van der Waals surface area contributed by atoms with E-state index in [-0.39, 0.29) is 56.1 Å². The van der Waals surface area contributed by atoms with Crippen molar-refractivity contribution in [2.75, 3.05) is 52.9 Å². The van der Waals surface area contributed by atoms with Gasteiger partial charge in [-0.25, -0.2) is 19.2 Å². The van der Waals surface area contributed by atoms with Crippen LogP contribution < -0.4 is 0 Å². The molecular formula is C32H49ClO12. The van der Waals surface area contributed by atoms with Gasteiger partial charge in [0.15, 0.2) is 0 Å². The van der Waals surface area contributed by atoms with Crippen LogP contribution >= 0.6 is 11.6 Å². The van der Waals surface area contributed by atoms with Crippen LogP contribution in [0.25, 0.3) is 0 Å². The first-order valence-corrected chi connectivity index (χ1v) is 16.7. The Labute approximate surface area is 269 Å². The number of hydrogen-bond donors (Lipinski definition) is 3. The topological polar surface area (TPSA) is 175 Å². The lowest BCUT2D eigenvalue weighted by Crippen LogP contribution is -2.53. The monoisotopic (exact) mass is 660 g/mol. The lowest BCUT2D eigenvalue weighted by atomic mass is 9.54. The zero-order valence-corrected chi connectivity index (χ0v) is 26.8. The van der Waals surface area contributed by atoms with Crippen molar-refractivity contribution in [3.8, 4) is 0 Å². The Bertz CT molecular complexity index is 928. The van der Waals surface area contributed by atoms with E-state index in [2.05, 4.69) is 9.47 Å². The summed E-state index contributed by atoms with van der Waals surface area (Å²) < 4.78 is 24.9. The van der Waals surface area contributed by atoms with Gasteiger partial charge in [0.1, 0.15) is 32.0 Å². The summed E-state index contributed by atoms with van der Waals surface area (Å²) in [6.45, 7) is -0.689. The quantitative estimate of drug-likeness (QED) is 0.131. The van der Waals surface area contributed by atoms with Gasteiger partial charge in [-0.1, -0.05) is 0 Å². The maximum absolute atomic E-state index is 12.0. The molecule has 0 aromatic heterocycles. The van der Waals surface area contributed by atoms with E-state index in [0.717, 1.165) is 54.8 Å². The van der Waals surface area contributed by atoms with Crippen molar-refractivity contribution in [1.82, 2.24) is 0 Å². The first kappa shape index (κ1) is 35.9. The maximum atomic E-state index is 12.0. The highest BCUT2D eigenvalue weighted by Crippen LogP contribution is 2.58. The first-order valence-electron chi connectivity index (χ1n) is 16.3. The molecule has 8 bridgehead atoms. The number of alkyl halides is 1. The van der Waals surface area contributed by atoms with Crippen molar-refractivity contribution in [1.29, 1.82) is 0 Å². The Morgan fingerprint density at radius 3 is 1.09 bits per heavy atom. The van der Waals surface area contributed by atoms with Crippen molar-refractivity contribution in [3.63, 3.8) is 0 Å². The normalized spacial score (nSPS) is 34.7. The van der Waals surface area contributed by atoms with Gasteiger partial charge in [0.2, 0.25) is 0 Å². The standard InChI is InChI=1S/C16H24O6.C10H15Cl.C6H10O6/c17-14(18)9-20-1-2-21-10-15(19)22-16-6-11-3-12(7-16)5-13(4-11)8-16;11-10-4-7-1-8(5-10)3-9(2-7)6-10;7-5(8)3-11-1-2-12-4-6(9)10/h11-13H,1-10H2,(H,17,18);7-9H,1-6H2;1-4H2,(H,7,8)(H,9,10). The highest BCUT2D eigenvalue weighted by atomic mass is 35.5. The van der Waals surface area contributed by atoms with Crippen LogP contribution in [0.1, 0.15) is 77.0 Å². The second kappa shape index (κ2) is 16.7. The van der Waals surface area contributed by atoms with Gasteiger partial charge in [-0.15, -0.1) is 11.6 Å². The minimum Gasteiger partial charge on any atom is -0.480 e. The number of aliphatic carboxylic acids is 3. The maximum Gasteiger partial charge on any atom is 0.332 e. The number of rotatable bonds is 15. The van der Waals surface area contributed by atoms with Crippen LogP contribution in [0, 0.1) is 35.5 Å². The molecule has 45 heavy (non-hydrogen) atoms. The molecule has 0 aromatic rings. The Hall–Kier alpha value is -1.99. The summed E-state index contributed by atoms with van der Waals surface area (Å²) >= 11 is 6.53. The van der Waals surface area contributed by atoms with Gasteiger partial charge in [0.05, 0.1) is 26.4 Å². The van der Waals surface area contributed by atoms with Crippen molar-refractivity contribution >= 4 is 35.5 Å². The molecule has 0 unspecified atom stereocenters. The van der Waals surface area contributed by atoms with Gasteiger partial charge < -0.3 is 39.0 Å². The smallest absolute Gasteiger partial charge is 0.332 e. The highest BCUT2D eigenvalue weighted by molar-refractivity contribution is 6.24. The minimum atomic E-state index is -1.06. The van der Waals surface area contributed by atoms with Gasteiger partial charge in [-0.2, -0.15) is 0 Å². The third-order valence-corrected chi connectivity index (χ3v) is 10.4. The van der Waals surface area contributed by atoms with Crippen LogP contribution in [-0.4, -0.2) is 103 Å². The van der Waals surface area contributed by atoms with Crippen LogP contribution in [0.4, 0.5) is 0 Å². The van der Waals surface area contributed by atoms with Crippen LogP contribution in [-0.2, 0) is 42.9 Å². The zero-order valence-electron chi connectivity index (χ0n) is 26.0. The van der Waals surface area contributed by atoms with Crippen LogP contribution in [0.3, 0.4) is 0 Å². The van der Waals surface area contributed by atoms with Crippen molar-refractivity contribution < 1.29 is 58.2 Å². The fourth-order valence-corrected chi connectivity index (χ4v) is 9.96. The van der Waals surface area contributed by atoms with Crippen molar-refractivity contribution in [3.05, 3.63) is 0 Å². The average Bonchev–Trinajstić information content (AvgIpc) is 2.90. The molecule has 0 aliphatic heterocycles. The van der Waals surface area contributed by atoms with E-state index in [0.29, 0.717) is 0 Å². The number of esters is 1. The van der Waals surface area contributed by atoms with Crippen LogP contribution in [0.5, 0.6) is 0 Å². The van der Waals surface area contributed by atoms with E-state index in [4.69, 9.17) is 41.1 Å². The Morgan fingerprint density at radius 2 is 0.800 bits per heavy atom. The SMILES string of the molecule is ClC12CC3CC(CC(C3)C1)C2.O=C(O)COCCOCC(=O)O.O=C(O)COCCOCC(=O)OC12CC3CC(CC(C3)C1)C2. The molecule has 0 saturated heterocycles. The molecule has 8 rings (SSSR count). The molecule has 12 nitrogen and oxygen atoms in total. The number of hydrogen-bond acceptors (Lipinski definition) is 9. The minimum absolute atomic E-state index is 0.0829. The molecule has 8 fully saturated rings. The molecule has 0 heterocycles. The molecule has 0 atom stereocenters. The van der Waals surface area contributed by atoms with E-state index in [1.54, 1.807) is 0 Å². The number of halogens is 1. The summed E-state index contributed by atoms with van der Waals surface area (Å²) in [5.74, 6) is 1.82. The number of carbonyl (C=O) groups is 4. The molecular weight excluding hydrogens is 612 g/mol. The second-order valence-electron chi connectivity index (χ2n) is 14.0. The third kappa shape index (κ3) is 12.0. The largest absolute Gasteiger partial charge is 0.480 e.